The first kappa shape index (κ1) is 10.9. The Labute approximate surface area is 85.5 Å². The largest absolute Gasteiger partial charge is 0.394 e. The van der Waals surface area contributed by atoms with Crippen LogP contribution in [-0.4, -0.2) is 15.8 Å². The zero-order valence-corrected chi connectivity index (χ0v) is 9.41. The van der Waals surface area contributed by atoms with Gasteiger partial charge in [0, 0.05) is 12.1 Å². The predicted octanol–water partition coefficient (Wildman–Crippen LogP) is 2.26. The maximum absolute atomic E-state index is 5.84. The highest BCUT2D eigenvalue weighted by Crippen LogP contribution is 2.19. The first-order chi connectivity index (χ1) is 6.54. The number of aromatic nitrogens is 2. The lowest BCUT2D eigenvalue weighted by molar-refractivity contribution is 0.533. The zero-order chi connectivity index (χ0) is 10.7. The van der Waals surface area contributed by atoms with Crippen LogP contribution in [0.4, 0.5) is 11.5 Å². The van der Waals surface area contributed by atoms with Crippen LogP contribution in [0.15, 0.2) is 6.20 Å². The Morgan fingerprint density at radius 2 is 2.14 bits per heavy atom. The fourth-order valence-corrected chi connectivity index (χ4v) is 1.12. The molecule has 0 unspecified atom stereocenters. The van der Waals surface area contributed by atoms with E-state index in [4.69, 9.17) is 5.73 Å². The SMILES string of the molecule is CC[C@@H](C)Nc1nn(C(C)C)cc1N. The minimum Gasteiger partial charge on any atom is -0.394 e. The van der Waals surface area contributed by atoms with Crippen molar-refractivity contribution in [2.24, 2.45) is 0 Å². The van der Waals surface area contributed by atoms with E-state index in [0.717, 1.165) is 17.9 Å². The number of anilines is 2. The molecule has 1 aromatic heterocycles. The first-order valence-corrected chi connectivity index (χ1v) is 5.15. The van der Waals surface area contributed by atoms with E-state index in [-0.39, 0.29) is 0 Å². The number of hydrogen-bond acceptors (Lipinski definition) is 3. The fraction of sp³-hybridized carbons (Fsp3) is 0.700. The summed E-state index contributed by atoms with van der Waals surface area (Å²) < 4.78 is 1.88. The van der Waals surface area contributed by atoms with Gasteiger partial charge in [0.15, 0.2) is 5.82 Å². The van der Waals surface area contributed by atoms with Crippen LogP contribution in [0.1, 0.15) is 40.2 Å². The van der Waals surface area contributed by atoms with Crippen molar-refractivity contribution in [1.29, 1.82) is 0 Å². The van der Waals surface area contributed by atoms with Gasteiger partial charge in [-0.05, 0) is 27.2 Å². The lowest BCUT2D eigenvalue weighted by Crippen LogP contribution is -2.15. The number of hydrogen-bond donors (Lipinski definition) is 2. The predicted molar refractivity (Wildman–Crippen MR) is 60.4 cm³/mol. The lowest BCUT2D eigenvalue weighted by Gasteiger charge is -2.10. The van der Waals surface area contributed by atoms with Crippen LogP contribution in [0, 0.1) is 0 Å². The Morgan fingerprint density at radius 3 is 2.57 bits per heavy atom. The minimum atomic E-state index is 0.352. The third-order valence-corrected chi connectivity index (χ3v) is 2.28. The summed E-state index contributed by atoms with van der Waals surface area (Å²) in [6.45, 7) is 8.42. The van der Waals surface area contributed by atoms with E-state index in [0.29, 0.717) is 12.1 Å². The molecule has 0 aliphatic rings. The molecule has 0 spiro atoms. The molecule has 0 aliphatic heterocycles. The highest BCUT2D eigenvalue weighted by Gasteiger charge is 2.09. The van der Waals surface area contributed by atoms with Gasteiger partial charge in [-0.25, -0.2) is 0 Å². The number of nitrogens with one attached hydrogen (secondary N) is 1. The van der Waals surface area contributed by atoms with Crippen molar-refractivity contribution in [2.45, 2.75) is 46.2 Å². The maximum atomic E-state index is 5.84. The van der Waals surface area contributed by atoms with Crippen molar-refractivity contribution in [2.75, 3.05) is 11.1 Å². The summed E-state index contributed by atoms with van der Waals surface area (Å²) in [4.78, 5) is 0. The molecule has 4 heteroatoms. The van der Waals surface area contributed by atoms with Crippen LogP contribution >= 0.6 is 0 Å². The molecule has 0 saturated heterocycles. The Balaban J connectivity index is 2.77. The van der Waals surface area contributed by atoms with Crippen molar-refractivity contribution in [3.05, 3.63) is 6.20 Å². The van der Waals surface area contributed by atoms with Gasteiger partial charge in [-0.1, -0.05) is 6.92 Å². The summed E-state index contributed by atoms with van der Waals surface area (Å²) in [5.41, 5.74) is 6.56. The van der Waals surface area contributed by atoms with Gasteiger partial charge in [-0.2, -0.15) is 5.10 Å². The molecule has 1 rings (SSSR count). The summed E-state index contributed by atoms with van der Waals surface area (Å²) in [5, 5.41) is 7.66. The first-order valence-electron chi connectivity index (χ1n) is 5.15. The van der Waals surface area contributed by atoms with Crippen LogP contribution in [-0.2, 0) is 0 Å². The maximum Gasteiger partial charge on any atom is 0.171 e. The molecule has 0 amide bonds. The van der Waals surface area contributed by atoms with Gasteiger partial charge in [0.25, 0.3) is 0 Å². The summed E-state index contributed by atoms with van der Waals surface area (Å²) in [6, 6.07) is 0.762. The molecule has 14 heavy (non-hydrogen) atoms. The standard InChI is InChI=1S/C10H20N4/c1-5-8(4)12-10-9(11)6-14(13-10)7(2)3/h6-8H,5,11H2,1-4H3,(H,12,13)/t8-/m1/s1. The quantitative estimate of drug-likeness (QED) is 0.776. The highest BCUT2D eigenvalue weighted by atomic mass is 15.3. The van der Waals surface area contributed by atoms with Crippen molar-refractivity contribution >= 4 is 11.5 Å². The summed E-state index contributed by atoms with van der Waals surface area (Å²) in [7, 11) is 0. The zero-order valence-electron chi connectivity index (χ0n) is 9.41. The van der Waals surface area contributed by atoms with E-state index in [1.165, 1.54) is 0 Å². The Hall–Kier alpha value is -1.19. The van der Waals surface area contributed by atoms with Crippen LogP contribution in [0.2, 0.25) is 0 Å². The monoisotopic (exact) mass is 196 g/mol. The van der Waals surface area contributed by atoms with Gasteiger partial charge in [0.05, 0.1) is 11.9 Å². The molecule has 1 heterocycles. The van der Waals surface area contributed by atoms with E-state index >= 15 is 0 Å². The molecule has 0 saturated carbocycles. The molecule has 0 aromatic carbocycles. The third-order valence-electron chi connectivity index (χ3n) is 2.28. The van der Waals surface area contributed by atoms with E-state index in [9.17, 15) is 0 Å². The minimum absolute atomic E-state index is 0.352. The summed E-state index contributed by atoms with van der Waals surface area (Å²) in [6.07, 6.45) is 2.93. The Bertz CT molecular complexity index is 290. The van der Waals surface area contributed by atoms with Crippen molar-refractivity contribution in [1.82, 2.24) is 9.78 Å². The van der Waals surface area contributed by atoms with Crippen molar-refractivity contribution in [3.63, 3.8) is 0 Å². The number of nitrogen functional groups attached to an aromatic ring is 1. The van der Waals surface area contributed by atoms with E-state index in [2.05, 4.69) is 38.1 Å². The molecule has 0 bridgehead atoms. The summed E-state index contributed by atoms with van der Waals surface area (Å²) >= 11 is 0. The van der Waals surface area contributed by atoms with Crippen molar-refractivity contribution < 1.29 is 0 Å². The molecular weight excluding hydrogens is 176 g/mol. The van der Waals surface area contributed by atoms with Crippen LogP contribution in [0.5, 0.6) is 0 Å². The van der Waals surface area contributed by atoms with Gasteiger partial charge in [0.1, 0.15) is 0 Å². The molecule has 1 aromatic rings. The summed E-state index contributed by atoms with van der Waals surface area (Å²) in [5.74, 6) is 0.799. The second-order valence-corrected chi connectivity index (χ2v) is 3.96. The van der Waals surface area contributed by atoms with E-state index in [1.54, 1.807) is 0 Å². The van der Waals surface area contributed by atoms with Crippen LogP contribution in [0.3, 0.4) is 0 Å². The second kappa shape index (κ2) is 4.35. The topological polar surface area (TPSA) is 55.9 Å². The number of nitrogens with zero attached hydrogens (tertiary/aromatic N) is 2. The lowest BCUT2D eigenvalue weighted by atomic mass is 10.2. The Kier molecular flexibility index (Phi) is 3.38. The van der Waals surface area contributed by atoms with Crippen LogP contribution < -0.4 is 11.1 Å². The smallest absolute Gasteiger partial charge is 0.171 e. The average molecular weight is 196 g/mol. The number of rotatable bonds is 4. The van der Waals surface area contributed by atoms with Gasteiger partial charge < -0.3 is 11.1 Å². The molecule has 1 atom stereocenters. The van der Waals surface area contributed by atoms with E-state index in [1.807, 2.05) is 10.9 Å². The number of nitrogens with two attached hydrogens (primary N) is 1. The van der Waals surface area contributed by atoms with Gasteiger partial charge in [-0.15, -0.1) is 0 Å². The Morgan fingerprint density at radius 1 is 1.50 bits per heavy atom. The van der Waals surface area contributed by atoms with E-state index < -0.39 is 0 Å². The van der Waals surface area contributed by atoms with Gasteiger partial charge >= 0.3 is 0 Å². The van der Waals surface area contributed by atoms with Gasteiger partial charge in [-0.3, -0.25) is 4.68 Å². The third kappa shape index (κ3) is 2.40. The van der Waals surface area contributed by atoms with Gasteiger partial charge in [0.2, 0.25) is 0 Å². The fourth-order valence-electron chi connectivity index (χ4n) is 1.12. The van der Waals surface area contributed by atoms with Crippen LogP contribution in [0.25, 0.3) is 0 Å². The molecule has 0 fully saturated rings. The van der Waals surface area contributed by atoms with Crippen molar-refractivity contribution in [3.8, 4) is 0 Å². The average Bonchev–Trinajstić information content (AvgIpc) is 2.48. The molecule has 80 valence electrons. The second-order valence-electron chi connectivity index (χ2n) is 3.96. The molecule has 4 nitrogen and oxygen atoms in total. The highest BCUT2D eigenvalue weighted by molar-refractivity contribution is 5.60. The normalized spacial score (nSPS) is 13.2. The molecular formula is C10H20N4. The molecule has 0 aliphatic carbocycles. The molecule has 3 N–H and O–H groups in total. The molecule has 0 radical (unpaired) electrons.